The molecule has 2 aliphatic rings. The summed E-state index contributed by atoms with van der Waals surface area (Å²) < 4.78 is 12.9. The Morgan fingerprint density at radius 1 is 1.25 bits per heavy atom. The lowest BCUT2D eigenvalue weighted by Gasteiger charge is -2.31. The van der Waals surface area contributed by atoms with E-state index in [0.717, 1.165) is 24.9 Å². The Hall–Kier alpha value is -1.75. The van der Waals surface area contributed by atoms with Gasteiger partial charge in [0.2, 0.25) is 11.8 Å². The van der Waals surface area contributed by atoms with Crippen LogP contribution >= 0.6 is 0 Å². The molecule has 2 saturated heterocycles. The van der Waals surface area contributed by atoms with E-state index in [4.69, 9.17) is 0 Å². The Labute approximate surface area is 117 Å². The van der Waals surface area contributed by atoms with Crippen molar-refractivity contribution in [3.8, 4) is 0 Å². The number of hydrogen-bond donors (Lipinski definition) is 1. The minimum atomic E-state index is -0.546. The third-order valence-corrected chi connectivity index (χ3v) is 4.22. The Bertz CT molecular complexity index is 535. The molecule has 0 aliphatic carbocycles. The molecule has 106 valence electrons. The number of benzene rings is 1. The number of nitrogens with one attached hydrogen (secondary N) is 1. The lowest BCUT2D eigenvalue weighted by molar-refractivity contribution is -0.142. The van der Waals surface area contributed by atoms with Gasteiger partial charge in [-0.2, -0.15) is 0 Å². The fourth-order valence-electron chi connectivity index (χ4n) is 3.09. The summed E-state index contributed by atoms with van der Waals surface area (Å²) in [6.07, 6.45) is 1.98. The lowest BCUT2D eigenvalue weighted by atomic mass is 9.79. The van der Waals surface area contributed by atoms with Gasteiger partial charge >= 0.3 is 0 Å². The van der Waals surface area contributed by atoms with Crippen LogP contribution in [0.25, 0.3) is 0 Å². The van der Waals surface area contributed by atoms with Crippen molar-refractivity contribution >= 4 is 11.8 Å². The molecule has 2 amide bonds. The van der Waals surface area contributed by atoms with E-state index in [1.54, 1.807) is 12.1 Å². The van der Waals surface area contributed by atoms with E-state index in [0.29, 0.717) is 13.0 Å². The molecule has 1 aromatic carbocycles. The highest BCUT2D eigenvalue weighted by Crippen LogP contribution is 2.39. The monoisotopic (exact) mass is 276 g/mol. The Kier molecular flexibility index (Phi) is 3.30. The number of likely N-dealkylation sites (tertiary alicyclic amines) is 1. The maximum absolute atomic E-state index is 12.9. The van der Waals surface area contributed by atoms with Gasteiger partial charge in [-0.05, 0) is 37.1 Å². The fourth-order valence-corrected chi connectivity index (χ4v) is 3.09. The first kappa shape index (κ1) is 13.2. The highest BCUT2D eigenvalue weighted by molar-refractivity contribution is 6.06. The number of piperidine rings is 1. The molecule has 0 radical (unpaired) electrons. The van der Waals surface area contributed by atoms with Gasteiger partial charge < -0.3 is 5.32 Å². The van der Waals surface area contributed by atoms with Crippen LogP contribution < -0.4 is 5.32 Å². The van der Waals surface area contributed by atoms with Gasteiger partial charge in [0.15, 0.2) is 0 Å². The van der Waals surface area contributed by atoms with E-state index in [9.17, 15) is 14.0 Å². The molecule has 0 unspecified atom stereocenters. The minimum absolute atomic E-state index is 0.0842. The first-order valence-electron chi connectivity index (χ1n) is 6.91. The van der Waals surface area contributed by atoms with Crippen molar-refractivity contribution in [3.05, 3.63) is 35.6 Å². The van der Waals surface area contributed by atoms with Crippen LogP contribution in [0.2, 0.25) is 0 Å². The third-order valence-electron chi connectivity index (χ3n) is 4.22. The molecule has 1 N–H and O–H groups in total. The van der Waals surface area contributed by atoms with Crippen molar-refractivity contribution in [2.24, 2.45) is 5.41 Å². The summed E-state index contributed by atoms with van der Waals surface area (Å²) >= 11 is 0. The highest BCUT2D eigenvalue weighted by atomic mass is 19.1. The first-order chi connectivity index (χ1) is 9.61. The number of carbonyl (C=O) groups is 2. The lowest BCUT2D eigenvalue weighted by Crippen LogP contribution is -2.45. The molecule has 2 fully saturated rings. The third kappa shape index (κ3) is 2.22. The molecule has 1 spiro atoms. The standard InChI is InChI=1S/C15H17FN2O2/c16-12-4-2-11(3-5-12)9-18-13(19)8-15(14(18)20)6-1-7-17-10-15/h2-5,17H,1,6-10H2/t15-/m1/s1. The second-order valence-electron chi connectivity index (χ2n) is 5.65. The zero-order valence-corrected chi connectivity index (χ0v) is 11.2. The number of carbonyl (C=O) groups excluding carboxylic acids is 2. The van der Waals surface area contributed by atoms with Crippen molar-refractivity contribution in [2.75, 3.05) is 13.1 Å². The van der Waals surface area contributed by atoms with Crippen molar-refractivity contribution in [1.82, 2.24) is 10.2 Å². The number of halogens is 1. The van der Waals surface area contributed by atoms with E-state index in [1.807, 2.05) is 0 Å². The second-order valence-corrected chi connectivity index (χ2v) is 5.65. The van der Waals surface area contributed by atoms with E-state index >= 15 is 0 Å². The predicted octanol–water partition coefficient (Wildman–Crippen LogP) is 1.45. The molecule has 1 aromatic rings. The fraction of sp³-hybridized carbons (Fsp3) is 0.467. The molecule has 1 atom stereocenters. The van der Waals surface area contributed by atoms with Gasteiger partial charge in [-0.1, -0.05) is 12.1 Å². The summed E-state index contributed by atoms with van der Waals surface area (Å²) in [5, 5.41) is 3.21. The summed E-state index contributed by atoms with van der Waals surface area (Å²) in [5.74, 6) is -0.525. The maximum Gasteiger partial charge on any atom is 0.237 e. The van der Waals surface area contributed by atoms with Gasteiger partial charge in [-0.25, -0.2) is 4.39 Å². The van der Waals surface area contributed by atoms with E-state index in [-0.39, 0.29) is 24.2 Å². The van der Waals surface area contributed by atoms with E-state index in [2.05, 4.69) is 5.32 Å². The van der Waals surface area contributed by atoms with Crippen LogP contribution in [0.15, 0.2) is 24.3 Å². The molecular weight excluding hydrogens is 259 g/mol. The maximum atomic E-state index is 12.9. The van der Waals surface area contributed by atoms with Gasteiger partial charge in [-0.15, -0.1) is 0 Å². The smallest absolute Gasteiger partial charge is 0.237 e. The molecule has 20 heavy (non-hydrogen) atoms. The zero-order valence-electron chi connectivity index (χ0n) is 11.2. The van der Waals surface area contributed by atoms with Gasteiger partial charge in [0.05, 0.1) is 12.0 Å². The molecule has 0 bridgehead atoms. The van der Waals surface area contributed by atoms with Gasteiger partial charge in [0.1, 0.15) is 5.82 Å². The molecule has 0 saturated carbocycles. The van der Waals surface area contributed by atoms with Crippen LogP contribution in [0.3, 0.4) is 0 Å². The van der Waals surface area contributed by atoms with Crippen molar-refractivity contribution in [2.45, 2.75) is 25.8 Å². The highest BCUT2D eigenvalue weighted by Gasteiger charge is 2.51. The van der Waals surface area contributed by atoms with Crippen LogP contribution in [0, 0.1) is 11.2 Å². The van der Waals surface area contributed by atoms with Crippen molar-refractivity contribution in [1.29, 1.82) is 0 Å². The minimum Gasteiger partial charge on any atom is -0.316 e. The molecule has 0 aromatic heterocycles. The molecule has 4 nitrogen and oxygen atoms in total. The summed E-state index contributed by atoms with van der Waals surface area (Å²) in [6.45, 7) is 1.72. The van der Waals surface area contributed by atoms with Crippen molar-refractivity contribution in [3.63, 3.8) is 0 Å². The van der Waals surface area contributed by atoms with Crippen LogP contribution in [-0.2, 0) is 16.1 Å². The predicted molar refractivity (Wildman–Crippen MR) is 71.1 cm³/mol. The Morgan fingerprint density at radius 2 is 2.00 bits per heavy atom. The molecule has 3 rings (SSSR count). The van der Waals surface area contributed by atoms with Crippen LogP contribution in [0.1, 0.15) is 24.8 Å². The molecule has 2 heterocycles. The van der Waals surface area contributed by atoms with E-state index < -0.39 is 5.41 Å². The van der Waals surface area contributed by atoms with Crippen LogP contribution in [0.4, 0.5) is 4.39 Å². The average molecular weight is 276 g/mol. The largest absolute Gasteiger partial charge is 0.316 e. The molecule has 2 aliphatic heterocycles. The normalized spacial score (nSPS) is 26.6. The first-order valence-corrected chi connectivity index (χ1v) is 6.91. The van der Waals surface area contributed by atoms with Gasteiger partial charge in [0, 0.05) is 13.0 Å². The van der Waals surface area contributed by atoms with Crippen LogP contribution in [-0.4, -0.2) is 29.8 Å². The SMILES string of the molecule is O=C1C[C@@]2(CCCNC2)C(=O)N1Cc1ccc(F)cc1. The Balaban J connectivity index is 1.78. The number of rotatable bonds is 2. The second kappa shape index (κ2) is 4.98. The topological polar surface area (TPSA) is 49.4 Å². The average Bonchev–Trinajstić information content (AvgIpc) is 2.67. The zero-order chi connectivity index (χ0) is 14.2. The quantitative estimate of drug-likeness (QED) is 0.832. The number of amides is 2. The number of hydrogen-bond acceptors (Lipinski definition) is 3. The summed E-state index contributed by atoms with van der Waals surface area (Å²) in [6, 6.07) is 5.91. The molecule has 5 heteroatoms. The van der Waals surface area contributed by atoms with Crippen LogP contribution in [0.5, 0.6) is 0 Å². The number of nitrogens with zero attached hydrogens (tertiary/aromatic N) is 1. The van der Waals surface area contributed by atoms with Gasteiger partial charge in [0.25, 0.3) is 0 Å². The van der Waals surface area contributed by atoms with Crippen molar-refractivity contribution < 1.29 is 14.0 Å². The Morgan fingerprint density at radius 3 is 2.65 bits per heavy atom. The number of imide groups is 1. The van der Waals surface area contributed by atoms with E-state index in [1.165, 1.54) is 17.0 Å². The van der Waals surface area contributed by atoms with Gasteiger partial charge in [-0.3, -0.25) is 14.5 Å². The summed E-state index contributed by atoms with van der Waals surface area (Å²) in [4.78, 5) is 26.0. The summed E-state index contributed by atoms with van der Waals surface area (Å²) in [7, 11) is 0. The summed E-state index contributed by atoms with van der Waals surface area (Å²) in [5.41, 5.74) is 0.226. The molecular formula is C15H17FN2O2.